The van der Waals surface area contributed by atoms with E-state index < -0.39 is 5.97 Å². The van der Waals surface area contributed by atoms with E-state index in [1.165, 1.54) is 0 Å². The quantitative estimate of drug-likeness (QED) is 0.774. The molecule has 2 rings (SSSR count). The van der Waals surface area contributed by atoms with Gasteiger partial charge >= 0.3 is 5.97 Å². The number of anilines is 1. The van der Waals surface area contributed by atoms with Crippen LogP contribution < -0.4 is 5.32 Å². The molecule has 15 heavy (non-hydrogen) atoms. The summed E-state index contributed by atoms with van der Waals surface area (Å²) >= 11 is 0. The maximum Gasteiger partial charge on any atom is 0.336 e. The number of nitrogens with zero attached hydrogens (tertiary/aromatic N) is 1. The van der Waals surface area contributed by atoms with Crippen molar-refractivity contribution in [3.05, 3.63) is 29.3 Å². The van der Waals surface area contributed by atoms with Gasteiger partial charge in [0.1, 0.15) is 6.17 Å². The lowest BCUT2D eigenvalue weighted by Gasteiger charge is -2.21. The molecule has 0 amide bonds. The number of carboxylic acids is 1. The first kappa shape index (κ1) is 9.71. The second-order valence-electron chi connectivity index (χ2n) is 3.42. The predicted molar refractivity (Wildman–Crippen MR) is 58.7 cm³/mol. The number of fused-ring (bicyclic) bond motifs is 1. The molecule has 0 saturated heterocycles. The number of hydrogen-bond donors (Lipinski definition) is 2. The van der Waals surface area contributed by atoms with Crippen LogP contribution in [0.4, 0.5) is 5.69 Å². The molecule has 1 atom stereocenters. The van der Waals surface area contributed by atoms with Crippen molar-refractivity contribution in [1.29, 1.82) is 0 Å². The van der Waals surface area contributed by atoms with Gasteiger partial charge in [0.25, 0.3) is 0 Å². The minimum atomic E-state index is -0.921. The van der Waals surface area contributed by atoms with E-state index in [9.17, 15) is 4.79 Å². The summed E-state index contributed by atoms with van der Waals surface area (Å²) in [4.78, 5) is 15.2. The van der Waals surface area contributed by atoms with Crippen molar-refractivity contribution in [2.75, 3.05) is 5.32 Å². The van der Waals surface area contributed by atoms with E-state index in [-0.39, 0.29) is 6.17 Å². The lowest BCUT2D eigenvalue weighted by atomic mass is 10.0. The Morgan fingerprint density at radius 1 is 1.60 bits per heavy atom. The van der Waals surface area contributed by atoms with Gasteiger partial charge in [0.05, 0.1) is 5.56 Å². The zero-order chi connectivity index (χ0) is 10.8. The second kappa shape index (κ2) is 3.73. The van der Waals surface area contributed by atoms with Crippen LogP contribution in [0.25, 0.3) is 0 Å². The molecule has 0 fully saturated rings. The summed E-state index contributed by atoms with van der Waals surface area (Å²) in [6.45, 7) is 2.03. The van der Waals surface area contributed by atoms with Crippen LogP contribution in [-0.2, 0) is 0 Å². The highest BCUT2D eigenvalue weighted by Crippen LogP contribution is 2.23. The van der Waals surface area contributed by atoms with Crippen LogP contribution in [0.15, 0.2) is 23.2 Å². The van der Waals surface area contributed by atoms with Crippen molar-refractivity contribution in [3.63, 3.8) is 0 Å². The fourth-order valence-corrected chi connectivity index (χ4v) is 1.61. The summed E-state index contributed by atoms with van der Waals surface area (Å²) in [5.41, 5.74) is 1.80. The zero-order valence-electron chi connectivity index (χ0n) is 8.40. The average molecular weight is 204 g/mol. The Kier molecular flexibility index (Phi) is 2.41. The number of aliphatic imine (C=N–C) groups is 1. The van der Waals surface area contributed by atoms with Gasteiger partial charge in [-0.1, -0.05) is 13.0 Å². The molecule has 1 aromatic rings. The predicted octanol–water partition coefficient (Wildman–Crippen LogP) is 1.97. The van der Waals surface area contributed by atoms with E-state index in [1.807, 2.05) is 13.0 Å². The highest BCUT2D eigenvalue weighted by Gasteiger charge is 2.17. The first-order valence-corrected chi connectivity index (χ1v) is 4.88. The first-order chi connectivity index (χ1) is 7.22. The van der Waals surface area contributed by atoms with Crippen LogP contribution in [0.1, 0.15) is 29.3 Å². The first-order valence-electron chi connectivity index (χ1n) is 4.88. The highest BCUT2D eigenvalue weighted by atomic mass is 16.4. The monoisotopic (exact) mass is 204 g/mol. The summed E-state index contributed by atoms with van der Waals surface area (Å²) < 4.78 is 0. The van der Waals surface area contributed by atoms with Gasteiger partial charge in [-0.25, -0.2) is 4.79 Å². The lowest BCUT2D eigenvalue weighted by molar-refractivity contribution is 0.0697. The molecule has 0 radical (unpaired) electrons. The Labute approximate surface area is 87.7 Å². The molecular formula is C11H12N2O2. The Hall–Kier alpha value is -1.84. The van der Waals surface area contributed by atoms with Gasteiger partial charge in [0, 0.05) is 17.5 Å². The van der Waals surface area contributed by atoms with E-state index in [4.69, 9.17) is 5.11 Å². The van der Waals surface area contributed by atoms with Gasteiger partial charge < -0.3 is 10.4 Å². The Bertz CT molecular complexity index is 427. The smallest absolute Gasteiger partial charge is 0.336 e. The van der Waals surface area contributed by atoms with Gasteiger partial charge in [0.2, 0.25) is 0 Å². The SMILES string of the molecule is CCC1N=Cc2c(cccc2C(=O)O)N1. The summed E-state index contributed by atoms with van der Waals surface area (Å²) in [5.74, 6) is -0.921. The second-order valence-corrected chi connectivity index (χ2v) is 3.42. The van der Waals surface area contributed by atoms with Gasteiger partial charge in [-0.15, -0.1) is 0 Å². The largest absolute Gasteiger partial charge is 0.478 e. The lowest BCUT2D eigenvalue weighted by Crippen LogP contribution is -2.22. The summed E-state index contributed by atoms with van der Waals surface area (Å²) in [6.07, 6.45) is 2.58. The number of carbonyl (C=O) groups is 1. The van der Waals surface area contributed by atoms with E-state index >= 15 is 0 Å². The van der Waals surface area contributed by atoms with Crippen molar-refractivity contribution in [1.82, 2.24) is 0 Å². The Morgan fingerprint density at radius 2 is 2.40 bits per heavy atom. The maximum atomic E-state index is 10.9. The molecule has 0 aromatic heterocycles. The van der Waals surface area contributed by atoms with E-state index in [0.29, 0.717) is 11.1 Å². The molecule has 0 aliphatic carbocycles. The topological polar surface area (TPSA) is 61.7 Å². The summed E-state index contributed by atoms with van der Waals surface area (Å²) in [5, 5.41) is 12.2. The zero-order valence-corrected chi connectivity index (χ0v) is 8.40. The normalized spacial score (nSPS) is 18.1. The number of carboxylic acid groups (broad SMARTS) is 1. The molecule has 0 spiro atoms. The molecule has 4 heteroatoms. The Balaban J connectivity index is 2.46. The molecule has 1 heterocycles. The summed E-state index contributed by atoms with van der Waals surface area (Å²) in [7, 11) is 0. The van der Waals surface area contributed by atoms with Gasteiger partial charge in [-0.2, -0.15) is 0 Å². The number of rotatable bonds is 2. The number of hydrogen-bond acceptors (Lipinski definition) is 3. The number of aromatic carboxylic acids is 1. The van der Waals surface area contributed by atoms with Gasteiger partial charge in [-0.3, -0.25) is 4.99 Å². The molecule has 1 unspecified atom stereocenters. The summed E-state index contributed by atoms with van der Waals surface area (Å²) in [6, 6.07) is 5.19. The van der Waals surface area contributed by atoms with Crippen LogP contribution in [0, 0.1) is 0 Å². The molecule has 2 N–H and O–H groups in total. The van der Waals surface area contributed by atoms with E-state index in [0.717, 1.165) is 12.1 Å². The molecule has 1 aliphatic heterocycles. The molecular weight excluding hydrogens is 192 g/mol. The minimum Gasteiger partial charge on any atom is -0.478 e. The number of benzene rings is 1. The molecule has 0 bridgehead atoms. The fraction of sp³-hybridized carbons (Fsp3) is 0.273. The van der Waals surface area contributed by atoms with Crippen LogP contribution in [0.5, 0.6) is 0 Å². The van der Waals surface area contributed by atoms with Gasteiger partial charge in [-0.05, 0) is 18.6 Å². The van der Waals surface area contributed by atoms with E-state index in [2.05, 4.69) is 10.3 Å². The highest BCUT2D eigenvalue weighted by molar-refractivity contribution is 6.03. The van der Waals surface area contributed by atoms with Crippen LogP contribution in [0.3, 0.4) is 0 Å². The standard InChI is InChI=1S/C11H12N2O2/c1-2-10-12-6-8-7(11(14)15)4-3-5-9(8)13-10/h3-6,10,13H,2H2,1H3,(H,14,15). The van der Waals surface area contributed by atoms with Crippen LogP contribution >= 0.6 is 0 Å². The third kappa shape index (κ3) is 1.70. The van der Waals surface area contributed by atoms with Crippen molar-refractivity contribution >= 4 is 17.9 Å². The van der Waals surface area contributed by atoms with Crippen LogP contribution in [0.2, 0.25) is 0 Å². The maximum absolute atomic E-state index is 10.9. The number of nitrogens with one attached hydrogen (secondary N) is 1. The molecule has 4 nitrogen and oxygen atoms in total. The average Bonchev–Trinajstić information content (AvgIpc) is 2.27. The molecule has 78 valence electrons. The third-order valence-corrected chi connectivity index (χ3v) is 2.43. The molecule has 1 aromatic carbocycles. The third-order valence-electron chi connectivity index (χ3n) is 2.43. The van der Waals surface area contributed by atoms with Gasteiger partial charge in [0.15, 0.2) is 0 Å². The van der Waals surface area contributed by atoms with Crippen molar-refractivity contribution in [2.24, 2.45) is 4.99 Å². The van der Waals surface area contributed by atoms with Crippen molar-refractivity contribution < 1.29 is 9.90 Å². The molecule has 1 aliphatic rings. The van der Waals surface area contributed by atoms with Crippen LogP contribution in [-0.4, -0.2) is 23.5 Å². The molecule has 0 saturated carbocycles. The Morgan fingerprint density at radius 3 is 3.07 bits per heavy atom. The minimum absolute atomic E-state index is 0.0570. The van der Waals surface area contributed by atoms with Crippen molar-refractivity contribution in [2.45, 2.75) is 19.5 Å². The fourth-order valence-electron chi connectivity index (χ4n) is 1.61. The van der Waals surface area contributed by atoms with Crippen molar-refractivity contribution in [3.8, 4) is 0 Å². The van der Waals surface area contributed by atoms with E-state index in [1.54, 1.807) is 18.3 Å².